The minimum Gasteiger partial charge on any atom is -0.411 e. The summed E-state index contributed by atoms with van der Waals surface area (Å²) in [6, 6.07) is 0. The lowest BCUT2D eigenvalue weighted by atomic mass is 10.4. The topological polar surface area (TPSA) is 35.8 Å². The highest BCUT2D eigenvalue weighted by Gasteiger charge is 2.09. The number of rotatable bonds is 3. The van der Waals surface area contributed by atoms with Crippen LogP contribution in [0.1, 0.15) is 19.3 Å². The Morgan fingerprint density at radius 3 is 2.70 bits per heavy atom. The van der Waals surface area contributed by atoms with E-state index >= 15 is 0 Å². The molecular formula is C7H14N2O. The molecule has 1 rings (SSSR count). The average molecular weight is 142 g/mol. The fourth-order valence-electron chi connectivity index (χ4n) is 1.30. The van der Waals surface area contributed by atoms with Crippen molar-refractivity contribution in [2.45, 2.75) is 19.3 Å². The van der Waals surface area contributed by atoms with E-state index in [1.165, 1.54) is 25.9 Å². The van der Waals surface area contributed by atoms with Gasteiger partial charge in [-0.05, 0) is 32.4 Å². The minimum absolute atomic E-state index is 0.872. The molecule has 0 aromatic carbocycles. The maximum atomic E-state index is 8.09. The van der Waals surface area contributed by atoms with E-state index < -0.39 is 0 Å². The SMILES string of the molecule is O/N=C\CCN1CCCC1. The van der Waals surface area contributed by atoms with Gasteiger partial charge in [-0.3, -0.25) is 0 Å². The van der Waals surface area contributed by atoms with E-state index in [2.05, 4.69) is 10.1 Å². The molecule has 0 bridgehead atoms. The van der Waals surface area contributed by atoms with Crippen molar-refractivity contribution in [1.82, 2.24) is 4.90 Å². The molecule has 0 saturated carbocycles. The van der Waals surface area contributed by atoms with Crippen LogP contribution in [-0.4, -0.2) is 36.0 Å². The van der Waals surface area contributed by atoms with Crippen LogP contribution < -0.4 is 0 Å². The summed E-state index contributed by atoms with van der Waals surface area (Å²) in [5.74, 6) is 0. The Hall–Kier alpha value is -0.570. The van der Waals surface area contributed by atoms with Gasteiger partial charge in [0.2, 0.25) is 0 Å². The van der Waals surface area contributed by atoms with Crippen LogP contribution in [0.25, 0.3) is 0 Å². The summed E-state index contributed by atoms with van der Waals surface area (Å²) in [4.78, 5) is 2.39. The molecule has 0 spiro atoms. The second-order valence-corrected chi connectivity index (χ2v) is 2.64. The van der Waals surface area contributed by atoms with Gasteiger partial charge in [0.15, 0.2) is 0 Å². The van der Waals surface area contributed by atoms with Crippen LogP contribution in [0.4, 0.5) is 0 Å². The number of likely N-dealkylation sites (tertiary alicyclic amines) is 1. The molecule has 0 aromatic rings. The van der Waals surface area contributed by atoms with Crippen molar-refractivity contribution >= 4 is 6.21 Å². The summed E-state index contributed by atoms with van der Waals surface area (Å²) in [5.41, 5.74) is 0. The highest BCUT2D eigenvalue weighted by atomic mass is 16.4. The normalized spacial score (nSPS) is 20.8. The number of hydrogen-bond acceptors (Lipinski definition) is 3. The van der Waals surface area contributed by atoms with Gasteiger partial charge in [0, 0.05) is 12.8 Å². The molecule has 0 atom stereocenters. The fraction of sp³-hybridized carbons (Fsp3) is 0.857. The summed E-state index contributed by atoms with van der Waals surface area (Å²) in [5, 5.41) is 11.0. The number of nitrogens with zero attached hydrogens (tertiary/aromatic N) is 2. The predicted octanol–water partition coefficient (Wildman–Crippen LogP) is 0.932. The first kappa shape index (κ1) is 7.54. The molecule has 10 heavy (non-hydrogen) atoms. The third kappa shape index (κ3) is 2.35. The van der Waals surface area contributed by atoms with Crippen molar-refractivity contribution in [2.24, 2.45) is 5.16 Å². The summed E-state index contributed by atoms with van der Waals surface area (Å²) >= 11 is 0. The minimum atomic E-state index is 0.872. The first-order chi connectivity index (χ1) is 4.93. The van der Waals surface area contributed by atoms with Crippen LogP contribution in [0.2, 0.25) is 0 Å². The van der Waals surface area contributed by atoms with E-state index in [1.807, 2.05) is 0 Å². The summed E-state index contributed by atoms with van der Waals surface area (Å²) in [6.07, 6.45) is 5.08. The van der Waals surface area contributed by atoms with Crippen molar-refractivity contribution in [2.75, 3.05) is 19.6 Å². The zero-order valence-electron chi connectivity index (χ0n) is 6.16. The van der Waals surface area contributed by atoms with E-state index in [0.717, 1.165) is 13.0 Å². The molecule has 0 aliphatic carbocycles. The number of hydrogen-bond donors (Lipinski definition) is 1. The van der Waals surface area contributed by atoms with Crippen LogP contribution in [0.3, 0.4) is 0 Å². The first-order valence-electron chi connectivity index (χ1n) is 3.82. The quantitative estimate of drug-likeness (QED) is 0.361. The Morgan fingerprint density at radius 2 is 2.10 bits per heavy atom. The van der Waals surface area contributed by atoms with Gasteiger partial charge in [-0.25, -0.2) is 0 Å². The van der Waals surface area contributed by atoms with Gasteiger partial charge in [-0.2, -0.15) is 0 Å². The molecule has 0 aromatic heterocycles. The van der Waals surface area contributed by atoms with Crippen molar-refractivity contribution < 1.29 is 5.21 Å². The molecule has 0 unspecified atom stereocenters. The monoisotopic (exact) mass is 142 g/mol. The van der Waals surface area contributed by atoms with Gasteiger partial charge in [-0.1, -0.05) is 0 Å². The maximum absolute atomic E-state index is 8.09. The molecule has 3 heteroatoms. The maximum Gasteiger partial charge on any atom is 0.0448 e. The van der Waals surface area contributed by atoms with E-state index in [0.29, 0.717) is 0 Å². The standard InChI is InChI=1S/C7H14N2O/c10-8-4-3-7-9-5-1-2-6-9/h4,10H,1-3,5-7H2/b8-4-. The smallest absolute Gasteiger partial charge is 0.0448 e. The molecular weight excluding hydrogens is 128 g/mol. The zero-order chi connectivity index (χ0) is 7.23. The van der Waals surface area contributed by atoms with E-state index in [-0.39, 0.29) is 0 Å². The third-order valence-electron chi connectivity index (χ3n) is 1.85. The van der Waals surface area contributed by atoms with Crippen LogP contribution in [-0.2, 0) is 0 Å². The molecule has 0 amide bonds. The van der Waals surface area contributed by atoms with E-state index in [9.17, 15) is 0 Å². The molecule has 1 heterocycles. The Morgan fingerprint density at radius 1 is 1.40 bits per heavy atom. The van der Waals surface area contributed by atoms with Crippen LogP contribution in [0, 0.1) is 0 Å². The van der Waals surface area contributed by atoms with E-state index in [4.69, 9.17) is 5.21 Å². The Labute approximate surface area is 61.3 Å². The lowest BCUT2D eigenvalue weighted by Gasteiger charge is -2.11. The third-order valence-corrected chi connectivity index (χ3v) is 1.85. The highest BCUT2D eigenvalue weighted by molar-refractivity contribution is 5.56. The molecule has 1 aliphatic rings. The first-order valence-corrected chi connectivity index (χ1v) is 3.82. The van der Waals surface area contributed by atoms with Crippen molar-refractivity contribution in [3.63, 3.8) is 0 Å². The lowest BCUT2D eigenvalue weighted by molar-refractivity contribution is 0.316. The van der Waals surface area contributed by atoms with Crippen LogP contribution >= 0.6 is 0 Å². The second kappa shape index (κ2) is 4.28. The second-order valence-electron chi connectivity index (χ2n) is 2.64. The van der Waals surface area contributed by atoms with Gasteiger partial charge >= 0.3 is 0 Å². The Balaban J connectivity index is 2.01. The van der Waals surface area contributed by atoms with Crippen molar-refractivity contribution in [3.05, 3.63) is 0 Å². The predicted molar refractivity (Wildman–Crippen MR) is 40.6 cm³/mol. The Bertz CT molecular complexity index is 108. The van der Waals surface area contributed by atoms with Gasteiger partial charge in [-0.15, -0.1) is 5.16 Å². The Kier molecular flexibility index (Phi) is 3.22. The summed E-state index contributed by atoms with van der Waals surface area (Å²) < 4.78 is 0. The molecule has 1 fully saturated rings. The van der Waals surface area contributed by atoms with Crippen LogP contribution in [0.15, 0.2) is 5.16 Å². The van der Waals surface area contributed by atoms with Gasteiger partial charge in [0.1, 0.15) is 0 Å². The van der Waals surface area contributed by atoms with Crippen molar-refractivity contribution in [1.29, 1.82) is 0 Å². The largest absolute Gasteiger partial charge is 0.411 e. The van der Waals surface area contributed by atoms with Crippen LogP contribution in [0.5, 0.6) is 0 Å². The summed E-state index contributed by atoms with van der Waals surface area (Å²) in [7, 11) is 0. The van der Waals surface area contributed by atoms with Crippen molar-refractivity contribution in [3.8, 4) is 0 Å². The zero-order valence-corrected chi connectivity index (χ0v) is 6.16. The molecule has 1 N–H and O–H groups in total. The average Bonchev–Trinajstić information content (AvgIpc) is 2.41. The van der Waals surface area contributed by atoms with Gasteiger partial charge < -0.3 is 10.1 Å². The van der Waals surface area contributed by atoms with Gasteiger partial charge in [0.25, 0.3) is 0 Å². The molecule has 1 aliphatic heterocycles. The number of oxime groups is 1. The van der Waals surface area contributed by atoms with Gasteiger partial charge in [0.05, 0.1) is 0 Å². The van der Waals surface area contributed by atoms with E-state index in [1.54, 1.807) is 6.21 Å². The fourth-order valence-corrected chi connectivity index (χ4v) is 1.30. The molecule has 1 saturated heterocycles. The molecule has 58 valence electrons. The molecule has 3 nitrogen and oxygen atoms in total. The summed E-state index contributed by atoms with van der Waals surface area (Å²) in [6.45, 7) is 3.49. The molecule has 0 radical (unpaired) electrons. The lowest BCUT2D eigenvalue weighted by Crippen LogP contribution is -2.20. The highest BCUT2D eigenvalue weighted by Crippen LogP contribution is 2.06.